The Hall–Kier alpha value is -2.18. The second-order valence-corrected chi connectivity index (χ2v) is 6.42. The molecule has 0 bridgehead atoms. The standard InChI is InChI=1S/C19H18ClF3N2O/c20-15-4-5-18-17(9-15)14(11-25-18)6-7-24-10-13-2-1-3-16(8-13)26-12-19(21,22)23/h1-5,8-9,11,24-25H,6-7,10,12H2. The third kappa shape index (κ3) is 5.16. The maximum absolute atomic E-state index is 12.2. The summed E-state index contributed by atoms with van der Waals surface area (Å²) in [5, 5.41) is 5.09. The number of hydrogen-bond acceptors (Lipinski definition) is 2. The van der Waals surface area contributed by atoms with Crippen molar-refractivity contribution in [2.75, 3.05) is 13.2 Å². The predicted molar refractivity (Wildman–Crippen MR) is 96.7 cm³/mol. The largest absolute Gasteiger partial charge is 0.484 e. The minimum Gasteiger partial charge on any atom is -0.484 e. The highest BCUT2D eigenvalue weighted by atomic mass is 35.5. The van der Waals surface area contributed by atoms with Crippen LogP contribution in [-0.4, -0.2) is 24.3 Å². The molecule has 0 unspecified atom stereocenters. The van der Waals surface area contributed by atoms with E-state index in [4.69, 9.17) is 16.3 Å². The highest BCUT2D eigenvalue weighted by Crippen LogP contribution is 2.23. The Morgan fingerprint density at radius 2 is 1.96 bits per heavy atom. The molecule has 0 aliphatic heterocycles. The summed E-state index contributed by atoms with van der Waals surface area (Å²) < 4.78 is 41.4. The summed E-state index contributed by atoms with van der Waals surface area (Å²) in [4.78, 5) is 3.21. The summed E-state index contributed by atoms with van der Waals surface area (Å²) in [7, 11) is 0. The van der Waals surface area contributed by atoms with E-state index >= 15 is 0 Å². The fourth-order valence-electron chi connectivity index (χ4n) is 2.72. The van der Waals surface area contributed by atoms with E-state index in [-0.39, 0.29) is 5.75 Å². The Balaban J connectivity index is 1.51. The fraction of sp³-hybridized carbons (Fsp3) is 0.263. The molecule has 138 valence electrons. The molecule has 0 aliphatic carbocycles. The maximum Gasteiger partial charge on any atom is 0.422 e. The number of rotatable bonds is 7. The van der Waals surface area contributed by atoms with E-state index in [9.17, 15) is 13.2 Å². The molecule has 3 rings (SSSR count). The third-order valence-corrected chi connectivity index (χ3v) is 4.17. The number of ether oxygens (including phenoxy) is 1. The van der Waals surface area contributed by atoms with Crippen molar-refractivity contribution < 1.29 is 17.9 Å². The zero-order chi connectivity index (χ0) is 18.6. The molecule has 2 N–H and O–H groups in total. The van der Waals surface area contributed by atoms with Gasteiger partial charge in [-0.05, 0) is 54.4 Å². The number of aromatic nitrogens is 1. The molecule has 0 spiro atoms. The molecule has 1 heterocycles. The normalized spacial score (nSPS) is 11.8. The fourth-order valence-corrected chi connectivity index (χ4v) is 2.90. The van der Waals surface area contributed by atoms with Crippen LogP contribution >= 0.6 is 11.6 Å². The first-order chi connectivity index (χ1) is 12.4. The van der Waals surface area contributed by atoms with Crippen molar-refractivity contribution in [2.45, 2.75) is 19.1 Å². The first-order valence-electron chi connectivity index (χ1n) is 8.15. The molecule has 26 heavy (non-hydrogen) atoms. The number of fused-ring (bicyclic) bond motifs is 1. The van der Waals surface area contributed by atoms with Gasteiger partial charge in [0.2, 0.25) is 0 Å². The zero-order valence-electron chi connectivity index (χ0n) is 13.9. The van der Waals surface area contributed by atoms with E-state index in [0.29, 0.717) is 11.6 Å². The van der Waals surface area contributed by atoms with Crippen LogP contribution in [0.1, 0.15) is 11.1 Å². The summed E-state index contributed by atoms with van der Waals surface area (Å²) in [5.74, 6) is 0.216. The molecule has 0 amide bonds. The summed E-state index contributed by atoms with van der Waals surface area (Å²) in [6, 6.07) is 12.4. The number of H-pyrrole nitrogens is 1. The number of alkyl halides is 3. The van der Waals surface area contributed by atoms with Crippen molar-refractivity contribution in [2.24, 2.45) is 0 Å². The van der Waals surface area contributed by atoms with Gasteiger partial charge in [0.25, 0.3) is 0 Å². The smallest absolute Gasteiger partial charge is 0.422 e. The lowest BCUT2D eigenvalue weighted by Gasteiger charge is -2.10. The molecule has 0 aliphatic rings. The van der Waals surface area contributed by atoms with E-state index in [1.54, 1.807) is 12.1 Å². The van der Waals surface area contributed by atoms with Gasteiger partial charge in [-0.2, -0.15) is 13.2 Å². The number of nitrogens with one attached hydrogen (secondary N) is 2. The molecule has 0 saturated heterocycles. The molecule has 7 heteroatoms. The number of halogens is 4. The van der Waals surface area contributed by atoms with Crippen LogP contribution in [0.5, 0.6) is 5.75 Å². The van der Waals surface area contributed by atoms with Crippen LogP contribution < -0.4 is 10.1 Å². The summed E-state index contributed by atoms with van der Waals surface area (Å²) in [6.45, 7) is -0.00750. The number of benzene rings is 2. The van der Waals surface area contributed by atoms with Crippen LogP contribution in [0.4, 0.5) is 13.2 Å². The molecule has 0 atom stereocenters. The Labute approximate surface area is 154 Å². The van der Waals surface area contributed by atoms with Crippen molar-refractivity contribution in [3.05, 3.63) is 64.8 Å². The van der Waals surface area contributed by atoms with Crippen LogP contribution in [0, 0.1) is 0 Å². The molecule has 0 fully saturated rings. The Morgan fingerprint density at radius 3 is 2.77 bits per heavy atom. The molecular weight excluding hydrogens is 365 g/mol. The lowest BCUT2D eigenvalue weighted by Crippen LogP contribution is -2.19. The monoisotopic (exact) mass is 382 g/mol. The summed E-state index contributed by atoms with van der Waals surface area (Å²) in [6.07, 6.45) is -1.56. The molecule has 1 aromatic heterocycles. The van der Waals surface area contributed by atoms with Gasteiger partial charge in [0.1, 0.15) is 5.75 Å². The lowest BCUT2D eigenvalue weighted by atomic mass is 10.1. The van der Waals surface area contributed by atoms with Crippen LogP contribution in [0.2, 0.25) is 5.02 Å². The van der Waals surface area contributed by atoms with Gasteiger partial charge in [0, 0.05) is 28.7 Å². The van der Waals surface area contributed by atoms with Crippen molar-refractivity contribution in [3.63, 3.8) is 0 Å². The Morgan fingerprint density at radius 1 is 1.12 bits per heavy atom. The first kappa shape index (κ1) is 18.6. The van der Waals surface area contributed by atoms with Gasteiger partial charge in [0.15, 0.2) is 6.61 Å². The molecule has 3 nitrogen and oxygen atoms in total. The van der Waals surface area contributed by atoms with Crippen molar-refractivity contribution in [3.8, 4) is 5.75 Å². The SMILES string of the molecule is FC(F)(F)COc1cccc(CNCCc2c[nH]c3ccc(Cl)cc23)c1. The molecule has 2 aromatic carbocycles. The third-order valence-electron chi connectivity index (χ3n) is 3.93. The average molecular weight is 383 g/mol. The van der Waals surface area contributed by atoms with E-state index in [1.807, 2.05) is 30.5 Å². The quantitative estimate of drug-likeness (QED) is 0.558. The van der Waals surface area contributed by atoms with Gasteiger partial charge in [-0.15, -0.1) is 0 Å². The highest BCUT2D eigenvalue weighted by molar-refractivity contribution is 6.31. The zero-order valence-corrected chi connectivity index (χ0v) is 14.6. The van der Waals surface area contributed by atoms with Gasteiger partial charge >= 0.3 is 6.18 Å². The van der Waals surface area contributed by atoms with Crippen molar-refractivity contribution >= 4 is 22.5 Å². The van der Waals surface area contributed by atoms with Crippen molar-refractivity contribution in [1.29, 1.82) is 0 Å². The summed E-state index contributed by atoms with van der Waals surface area (Å²) in [5.41, 5.74) is 3.07. The molecule has 0 saturated carbocycles. The number of hydrogen-bond donors (Lipinski definition) is 2. The van der Waals surface area contributed by atoms with E-state index < -0.39 is 12.8 Å². The second-order valence-electron chi connectivity index (χ2n) is 5.98. The van der Waals surface area contributed by atoms with E-state index in [2.05, 4.69) is 10.3 Å². The molecular formula is C19H18ClF3N2O. The van der Waals surface area contributed by atoms with E-state index in [0.717, 1.165) is 35.0 Å². The Kier molecular flexibility index (Phi) is 5.74. The number of aromatic amines is 1. The lowest BCUT2D eigenvalue weighted by molar-refractivity contribution is -0.153. The molecule has 3 aromatic rings. The first-order valence-corrected chi connectivity index (χ1v) is 8.53. The van der Waals surface area contributed by atoms with Crippen LogP contribution in [-0.2, 0) is 13.0 Å². The minimum atomic E-state index is -4.34. The van der Waals surface area contributed by atoms with Gasteiger partial charge in [-0.1, -0.05) is 23.7 Å². The van der Waals surface area contributed by atoms with E-state index in [1.165, 1.54) is 6.07 Å². The average Bonchev–Trinajstić information content (AvgIpc) is 2.99. The van der Waals surface area contributed by atoms with Crippen LogP contribution in [0.15, 0.2) is 48.7 Å². The maximum atomic E-state index is 12.2. The summed E-state index contributed by atoms with van der Waals surface area (Å²) >= 11 is 6.05. The Bertz CT molecular complexity index is 877. The predicted octanol–water partition coefficient (Wildman–Crippen LogP) is 5.09. The van der Waals surface area contributed by atoms with Crippen LogP contribution in [0.3, 0.4) is 0 Å². The van der Waals surface area contributed by atoms with Gasteiger partial charge < -0.3 is 15.0 Å². The minimum absolute atomic E-state index is 0.216. The van der Waals surface area contributed by atoms with Crippen molar-refractivity contribution in [1.82, 2.24) is 10.3 Å². The van der Waals surface area contributed by atoms with Gasteiger partial charge in [-0.3, -0.25) is 0 Å². The van der Waals surface area contributed by atoms with Crippen LogP contribution in [0.25, 0.3) is 10.9 Å². The second kappa shape index (κ2) is 8.01. The van der Waals surface area contributed by atoms with Gasteiger partial charge in [-0.25, -0.2) is 0 Å². The molecule has 0 radical (unpaired) electrons. The van der Waals surface area contributed by atoms with Gasteiger partial charge in [0.05, 0.1) is 0 Å². The highest BCUT2D eigenvalue weighted by Gasteiger charge is 2.28. The topological polar surface area (TPSA) is 37.0 Å².